The SMILES string of the molecule is CCCc1n[nH]c(=S)n1CC(=O)NC(C)c1ccc2c(c1)OCCCO2. The monoisotopic (exact) mass is 376 g/mol. The molecule has 0 radical (unpaired) electrons. The van der Waals surface area contributed by atoms with Crippen molar-refractivity contribution in [2.75, 3.05) is 13.2 Å². The van der Waals surface area contributed by atoms with Crippen LogP contribution in [0.5, 0.6) is 11.5 Å². The predicted octanol–water partition coefficient (Wildman–Crippen LogP) is 2.93. The minimum atomic E-state index is -0.157. The summed E-state index contributed by atoms with van der Waals surface area (Å²) >= 11 is 5.23. The highest BCUT2D eigenvalue weighted by atomic mass is 32.1. The average Bonchev–Trinajstić information content (AvgIpc) is 2.84. The van der Waals surface area contributed by atoms with Crippen LogP contribution in [0.2, 0.25) is 0 Å². The second-order valence-corrected chi connectivity index (χ2v) is 6.71. The molecular formula is C18H24N4O3S. The number of carbonyl (C=O) groups excluding carboxylic acids is 1. The van der Waals surface area contributed by atoms with Crippen molar-refractivity contribution in [1.82, 2.24) is 20.1 Å². The van der Waals surface area contributed by atoms with E-state index >= 15 is 0 Å². The van der Waals surface area contributed by atoms with Gasteiger partial charge < -0.3 is 14.8 Å². The van der Waals surface area contributed by atoms with Gasteiger partial charge in [-0.3, -0.25) is 14.5 Å². The topological polar surface area (TPSA) is 81.2 Å². The molecule has 1 atom stereocenters. The highest BCUT2D eigenvalue weighted by Crippen LogP contribution is 2.32. The molecule has 0 fully saturated rings. The summed E-state index contributed by atoms with van der Waals surface area (Å²) in [5.74, 6) is 2.16. The fraction of sp³-hybridized carbons (Fsp3) is 0.500. The Balaban J connectivity index is 1.67. The lowest BCUT2D eigenvalue weighted by molar-refractivity contribution is -0.122. The number of amides is 1. The van der Waals surface area contributed by atoms with Gasteiger partial charge in [-0.05, 0) is 43.3 Å². The maximum absolute atomic E-state index is 12.5. The number of nitrogens with one attached hydrogen (secondary N) is 2. The van der Waals surface area contributed by atoms with Crippen molar-refractivity contribution in [3.05, 3.63) is 34.4 Å². The smallest absolute Gasteiger partial charge is 0.240 e. The van der Waals surface area contributed by atoms with E-state index in [1.54, 1.807) is 4.57 Å². The van der Waals surface area contributed by atoms with E-state index in [4.69, 9.17) is 21.7 Å². The molecule has 2 aromatic rings. The molecule has 3 rings (SSSR count). The van der Waals surface area contributed by atoms with Gasteiger partial charge in [-0.15, -0.1) is 0 Å². The summed E-state index contributed by atoms with van der Waals surface area (Å²) in [6.45, 7) is 5.45. The molecule has 1 aromatic carbocycles. The van der Waals surface area contributed by atoms with Gasteiger partial charge in [-0.1, -0.05) is 13.0 Å². The van der Waals surface area contributed by atoms with Crippen LogP contribution in [0.4, 0.5) is 0 Å². The molecule has 8 heteroatoms. The van der Waals surface area contributed by atoms with Gasteiger partial charge in [0.1, 0.15) is 12.4 Å². The van der Waals surface area contributed by atoms with E-state index in [-0.39, 0.29) is 18.5 Å². The van der Waals surface area contributed by atoms with Crippen molar-refractivity contribution in [1.29, 1.82) is 0 Å². The van der Waals surface area contributed by atoms with Gasteiger partial charge in [0.2, 0.25) is 5.91 Å². The predicted molar refractivity (Wildman–Crippen MR) is 100 cm³/mol. The summed E-state index contributed by atoms with van der Waals surface area (Å²) in [6.07, 6.45) is 2.58. The zero-order chi connectivity index (χ0) is 18.5. The number of aromatic amines is 1. The van der Waals surface area contributed by atoms with Crippen molar-refractivity contribution in [2.45, 2.75) is 45.7 Å². The van der Waals surface area contributed by atoms with Crippen LogP contribution in [0.15, 0.2) is 18.2 Å². The molecule has 0 saturated carbocycles. The van der Waals surface area contributed by atoms with Gasteiger partial charge in [0, 0.05) is 12.8 Å². The van der Waals surface area contributed by atoms with Crippen LogP contribution in [-0.4, -0.2) is 33.9 Å². The van der Waals surface area contributed by atoms with Crippen LogP contribution in [0.25, 0.3) is 0 Å². The van der Waals surface area contributed by atoms with Crippen molar-refractivity contribution >= 4 is 18.1 Å². The second-order valence-electron chi connectivity index (χ2n) is 6.33. The maximum atomic E-state index is 12.5. The van der Waals surface area contributed by atoms with Crippen LogP contribution in [0, 0.1) is 4.77 Å². The number of aromatic nitrogens is 3. The summed E-state index contributed by atoms with van der Waals surface area (Å²) in [5.41, 5.74) is 0.965. The molecule has 1 aliphatic rings. The third-order valence-corrected chi connectivity index (χ3v) is 4.57. The molecule has 7 nitrogen and oxygen atoms in total. The first kappa shape index (κ1) is 18.4. The number of H-pyrrole nitrogens is 1. The number of aryl methyl sites for hydroxylation is 1. The highest BCUT2D eigenvalue weighted by molar-refractivity contribution is 7.71. The zero-order valence-electron chi connectivity index (χ0n) is 15.1. The zero-order valence-corrected chi connectivity index (χ0v) is 15.9. The Labute approximate surface area is 157 Å². The van der Waals surface area contributed by atoms with Crippen LogP contribution >= 0.6 is 12.2 Å². The normalized spacial score (nSPS) is 14.5. The Morgan fingerprint density at radius 1 is 1.38 bits per heavy atom. The molecule has 0 bridgehead atoms. The molecule has 26 heavy (non-hydrogen) atoms. The van der Waals surface area contributed by atoms with E-state index in [0.29, 0.717) is 18.0 Å². The van der Waals surface area contributed by atoms with Gasteiger partial charge in [-0.25, -0.2) is 0 Å². The Kier molecular flexibility index (Phi) is 5.92. The molecule has 2 heterocycles. The summed E-state index contributed by atoms with van der Waals surface area (Å²) in [6, 6.07) is 5.61. The molecule has 0 spiro atoms. The number of carbonyl (C=O) groups is 1. The third kappa shape index (κ3) is 4.24. The van der Waals surface area contributed by atoms with E-state index in [2.05, 4.69) is 22.4 Å². The van der Waals surface area contributed by atoms with Crippen molar-refractivity contribution in [3.8, 4) is 11.5 Å². The summed E-state index contributed by atoms with van der Waals surface area (Å²) in [4.78, 5) is 12.5. The number of fused-ring (bicyclic) bond motifs is 1. The van der Waals surface area contributed by atoms with Crippen LogP contribution < -0.4 is 14.8 Å². The van der Waals surface area contributed by atoms with Crippen LogP contribution in [0.1, 0.15) is 44.1 Å². The molecule has 0 saturated heterocycles. The van der Waals surface area contributed by atoms with E-state index in [0.717, 1.165) is 42.1 Å². The number of hydrogen-bond donors (Lipinski definition) is 2. The molecule has 1 unspecified atom stereocenters. The van der Waals surface area contributed by atoms with Crippen molar-refractivity contribution < 1.29 is 14.3 Å². The number of ether oxygens (including phenoxy) is 2. The Bertz CT molecular complexity index is 830. The van der Waals surface area contributed by atoms with Gasteiger partial charge in [0.05, 0.1) is 19.3 Å². The summed E-state index contributed by atoms with van der Waals surface area (Å²) in [5, 5.41) is 9.96. The molecule has 1 aliphatic heterocycles. The first-order valence-electron chi connectivity index (χ1n) is 8.91. The van der Waals surface area contributed by atoms with Gasteiger partial charge >= 0.3 is 0 Å². The fourth-order valence-corrected chi connectivity index (χ4v) is 3.11. The molecule has 0 aliphatic carbocycles. The maximum Gasteiger partial charge on any atom is 0.240 e. The minimum absolute atomic E-state index is 0.112. The van der Waals surface area contributed by atoms with E-state index in [9.17, 15) is 4.79 Å². The molecule has 1 amide bonds. The average molecular weight is 376 g/mol. The van der Waals surface area contributed by atoms with E-state index in [1.807, 2.05) is 25.1 Å². The second kappa shape index (κ2) is 8.35. The molecule has 2 N–H and O–H groups in total. The lowest BCUT2D eigenvalue weighted by Gasteiger charge is -2.17. The Morgan fingerprint density at radius 2 is 2.15 bits per heavy atom. The Hall–Kier alpha value is -2.35. The lowest BCUT2D eigenvalue weighted by atomic mass is 10.1. The first-order valence-corrected chi connectivity index (χ1v) is 9.32. The number of benzene rings is 1. The largest absolute Gasteiger partial charge is 0.490 e. The quantitative estimate of drug-likeness (QED) is 0.758. The number of hydrogen-bond acceptors (Lipinski definition) is 5. The standard InChI is InChI=1S/C18H24N4O3S/c1-3-5-16-20-21-18(26)22(16)11-17(23)19-12(2)13-6-7-14-15(10-13)25-9-4-8-24-14/h6-7,10,12H,3-5,8-9,11H2,1-2H3,(H,19,23)(H,21,26). The van der Waals surface area contributed by atoms with Crippen LogP contribution in [-0.2, 0) is 17.8 Å². The summed E-state index contributed by atoms with van der Waals surface area (Å²) in [7, 11) is 0. The first-order chi connectivity index (χ1) is 12.6. The third-order valence-electron chi connectivity index (χ3n) is 4.26. The van der Waals surface area contributed by atoms with Gasteiger partial charge in [-0.2, -0.15) is 5.10 Å². The van der Waals surface area contributed by atoms with Gasteiger partial charge in [0.25, 0.3) is 0 Å². The van der Waals surface area contributed by atoms with Crippen molar-refractivity contribution in [2.24, 2.45) is 0 Å². The lowest BCUT2D eigenvalue weighted by Crippen LogP contribution is -2.30. The fourth-order valence-electron chi connectivity index (χ4n) is 2.89. The molecule has 140 valence electrons. The molecule has 1 aromatic heterocycles. The van der Waals surface area contributed by atoms with Crippen molar-refractivity contribution in [3.63, 3.8) is 0 Å². The molecular weight excluding hydrogens is 352 g/mol. The summed E-state index contributed by atoms with van der Waals surface area (Å²) < 4.78 is 13.6. The van der Waals surface area contributed by atoms with Gasteiger partial charge in [0.15, 0.2) is 16.3 Å². The number of nitrogens with zero attached hydrogens (tertiary/aromatic N) is 2. The minimum Gasteiger partial charge on any atom is -0.490 e. The highest BCUT2D eigenvalue weighted by Gasteiger charge is 2.16. The Morgan fingerprint density at radius 3 is 2.92 bits per heavy atom. The van der Waals surface area contributed by atoms with Crippen LogP contribution in [0.3, 0.4) is 0 Å². The number of rotatable bonds is 6. The van der Waals surface area contributed by atoms with E-state index < -0.39 is 0 Å². The van der Waals surface area contributed by atoms with E-state index in [1.165, 1.54) is 0 Å².